The lowest BCUT2D eigenvalue weighted by molar-refractivity contribution is -0.167. The summed E-state index contributed by atoms with van der Waals surface area (Å²) >= 11 is 0. The number of esters is 2. The van der Waals surface area contributed by atoms with E-state index < -0.39 is 0 Å². The SMILES string of the molecule is CCC1CC(CC)C(C(CC(=O)OC2(CC)CCCC2)OC(C)=O)C1. The van der Waals surface area contributed by atoms with Gasteiger partial charge in [0.05, 0.1) is 6.42 Å². The average Bonchev–Trinajstić information content (AvgIpc) is 3.20. The zero-order chi connectivity index (χ0) is 18.4. The molecule has 0 amide bonds. The molecule has 0 saturated heterocycles. The third-order valence-electron chi connectivity index (χ3n) is 6.60. The number of ether oxygens (including phenoxy) is 2. The quantitative estimate of drug-likeness (QED) is 0.574. The van der Waals surface area contributed by atoms with Crippen LogP contribution in [0.1, 0.15) is 91.9 Å². The van der Waals surface area contributed by atoms with E-state index >= 15 is 0 Å². The summed E-state index contributed by atoms with van der Waals surface area (Å²) in [5, 5.41) is 0. The zero-order valence-electron chi connectivity index (χ0n) is 16.5. The first-order valence-electron chi connectivity index (χ1n) is 10.3. The minimum Gasteiger partial charge on any atom is -0.462 e. The number of hydrogen-bond acceptors (Lipinski definition) is 4. The van der Waals surface area contributed by atoms with Gasteiger partial charge in [-0.05, 0) is 62.7 Å². The van der Waals surface area contributed by atoms with Crippen LogP contribution in [0.2, 0.25) is 0 Å². The van der Waals surface area contributed by atoms with Crippen molar-refractivity contribution in [2.45, 2.75) is 104 Å². The molecule has 0 N–H and O–H groups in total. The van der Waals surface area contributed by atoms with Crippen molar-refractivity contribution >= 4 is 11.9 Å². The molecule has 0 aromatic heterocycles. The fourth-order valence-electron chi connectivity index (χ4n) is 5.02. The third kappa shape index (κ3) is 5.21. The second-order valence-corrected chi connectivity index (χ2v) is 8.15. The van der Waals surface area contributed by atoms with Crippen LogP contribution in [0.15, 0.2) is 0 Å². The first kappa shape index (κ1) is 20.3. The molecule has 0 aromatic rings. The Morgan fingerprint density at radius 3 is 2.28 bits per heavy atom. The highest BCUT2D eigenvalue weighted by atomic mass is 16.6. The summed E-state index contributed by atoms with van der Waals surface area (Å²) in [7, 11) is 0. The van der Waals surface area contributed by atoms with E-state index in [9.17, 15) is 9.59 Å². The van der Waals surface area contributed by atoms with Crippen molar-refractivity contribution in [3.05, 3.63) is 0 Å². The van der Waals surface area contributed by atoms with Crippen molar-refractivity contribution in [3.63, 3.8) is 0 Å². The van der Waals surface area contributed by atoms with E-state index in [0.29, 0.717) is 11.8 Å². The molecule has 25 heavy (non-hydrogen) atoms. The number of carbonyl (C=O) groups is 2. The first-order chi connectivity index (χ1) is 11.9. The summed E-state index contributed by atoms with van der Waals surface area (Å²) in [6, 6.07) is 0. The van der Waals surface area contributed by atoms with Gasteiger partial charge in [-0.2, -0.15) is 0 Å². The maximum Gasteiger partial charge on any atom is 0.310 e. The first-order valence-corrected chi connectivity index (χ1v) is 10.3. The van der Waals surface area contributed by atoms with E-state index in [0.717, 1.165) is 51.4 Å². The Bertz CT molecular complexity index is 453. The highest BCUT2D eigenvalue weighted by Gasteiger charge is 2.41. The molecule has 0 spiro atoms. The van der Waals surface area contributed by atoms with Crippen molar-refractivity contribution in [1.82, 2.24) is 0 Å². The molecule has 4 atom stereocenters. The Kier molecular flexibility index (Phi) is 7.33. The summed E-state index contributed by atoms with van der Waals surface area (Å²) in [5.41, 5.74) is -0.274. The predicted octanol–water partition coefficient (Wildman–Crippen LogP) is 5.04. The fraction of sp³-hybridized carbons (Fsp3) is 0.905. The number of rotatable bonds is 8. The molecule has 0 radical (unpaired) electrons. The van der Waals surface area contributed by atoms with Gasteiger partial charge in [0.25, 0.3) is 0 Å². The van der Waals surface area contributed by atoms with Gasteiger partial charge in [0.15, 0.2) is 0 Å². The van der Waals surface area contributed by atoms with E-state index in [1.165, 1.54) is 13.3 Å². The summed E-state index contributed by atoms with van der Waals surface area (Å²) in [4.78, 5) is 24.3. The van der Waals surface area contributed by atoms with Crippen molar-refractivity contribution in [2.24, 2.45) is 17.8 Å². The minimum atomic E-state index is -0.332. The van der Waals surface area contributed by atoms with Gasteiger partial charge >= 0.3 is 11.9 Å². The molecule has 2 fully saturated rings. The predicted molar refractivity (Wildman–Crippen MR) is 98.0 cm³/mol. The second kappa shape index (κ2) is 9.05. The third-order valence-corrected chi connectivity index (χ3v) is 6.60. The molecule has 2 aliphatic rings. The lowest BCUT2D eigenvalue weighted by atomic mass is 9.87. The summed E-state index contributed by atoms with van der Waals surface area (Å²) in [6.45, 7) is 7.96. The topological polar surface area (TPSA) is 52.6 Å². The van der Waals surface area contributed by atoms with Gasteiger partial charge in [-0.25, -0.2) is 0 Å². The van der Waals surface area contributed by atoms with Crippen LogP contribution in [-0.2, 0) is 19.1 Å². The Morgan fingerprint density at radius 2 is 1.76 bits per heavy atom. The van der Waals surface area contributed by atoms with Crippen LogP contribution in [-0.4, -0.2) is 23.6 Å². The van der Waals surface area contributed by atoms with Gasteiger partial charge in [0, 0.05) is 6.92 Å². The molecule has 0 bridgehead atoms. The van der Waals surface area contributed by atoms with Crippen molar-refractivity contribution < 1.29 is 19.1 Å². The van der Waals surface area contributed by atoms with E-state index in [4.69, 9.17) is 9.47 Å². The van der Waals surface area contributed by atoms with Crippen molar-refractivity contribution in [2.75, 3.05) is 0 Å². The molecule has 0 aliphatic heterocycles. The molecular weight excluding hydrogens is 316 g/mol. The summed E-state index contributed by atoms with van der Waals surface area (Å²) in [6.07, 6.45) is 9.41. The van der Waals surface area contributed by atoms with Crippen LogP contribution in [0, 0.1) is 17.8 Å². The zero-order valence-corrected chi connectivity index (χ0v) is 16.5. The van der Waals surface area contributed by atoms with Gasteiger partial charge < -0.3 is 9.47 Å². The lowest BCUT2D eigenvalue weighted by Crippen LogP contribution is -2.36. The molecule has 144 valence electrons. The molecule has 0 heterocycles. The Balaban J connectivity index is 2.04. The van der Waals surface area contributed by atoms with Crippen LogP contribution in [0.3, 0.4) is 0 Å². The smallest absolute Gasteiger partial charge is 0.310 e. The van der Waals surface area contributed by atoms with E-state index in [1.54, 1.807) is 0 Å². The molecule has 4 heteroatoms. The molecule has 4 nitrogen and oxygen atoms in total. The van der Waals surface area contributed by atoms with Crippen molar-refractivity contribution in [3.8, 4) is 0 Å². The van der Waals surface area contributed by atoms with Crippen LogP contribution in [0.5, 0.6) is 0 Å². The summed E-state index contributed by atoms with van der Waals surface area (Å²) in [5.74, 6) is 1.02. The monoisotopic (exact) mass is 352 g/mol. The van der Waals surface area contributed by atoms with Gasteiger partial charge in [-0.15, -0.1) is 0 Å². The largest absolute Gasteiger partial charge is 0.462 e. The lowest BCUT2D eigenvalue weighted by Gasteiger charge is -2.31. The molecule has 0 aromatic carbocycles. The Morgan fingerprint density at radius 1 is 1.08 bits per heavy atom. The average molecular weight is 353 g/mol. The molecule has 2 rings (SSSR count). The second-order valence-electron chi connectivity index (χ2n) is 8.15. The minimum absolute atomic E-state index is 0.190. The molecule has 2 saturated carbocycles. The van der Waals surface area contributed by atoms with Crippen LogP contribution in [0.4, 0.5) is 0 Å². The maximum absolute atomic E-state index is 12.6. The van der Waals surface area contributed by atoms with Gasteiger partial charge in [0.2, 0.25) is 0 Å². The van der Waals surface area contributed by atoms with Crippen molar-refractivity contribution in [1.29, 1.82) is 0 Å². The number of hydrogen-bond donors (Lipinski definition) is 0. The standard InChI is InChI=1S/C21H36O4/c1-5-16-12-17(6-2)18(13-16)19(24-15(4)22)14-20(23)25-21(7-3)10-8-9-11-21/h16-19H,5-14H2,1-4H3. The Labute approximate surface area is 153 Å². The van der Waals surface area contributed by atoms with Gasteiger partial charge in [-0.1, -0.05) is 33.6 Å². The van der Waals surface area contributed by atoms with E-state index in [-0.39, 0.29) is 36.0 Å². The highest BCUT2D eigenvalue weighted by molar-refractivity contribution is 5.72. The maximum atomic E-state index is 12.6. The van der Waals surface area contributed by atoms with Crippen LogP contribution in [0.25, 0.3) is 0 Å². The van der Waals surface area contributed by atoms with Gasteiger partial charge in [-0.3, -0.25) is 9.59 Å². The highest BCUT2D eigenvalue weighted by Crippen LogP contribution is 2.44. The molecule has 2 aliphatic carbocycles. The van der Waals surface area contributed by atoms with E-state index in [1.807, 2.05) is 0 Å². The normalized spacial score (nSPS) is 29.4. The summed E-state index contributed by atoms with van der Waals surface area (Å²) < 4.78 is 11.5. The molecule has 4 unspecified atom stereocenters. The fourth-order valence-corrected chi connectivity index (χ4v) is 5.02. The van der Waals surface area contributed by atoms with Crippen LogP contribution < -0.4 is 0 Å². The number of carbonyl (C=O) groups excluding carboxylic acids is 2. The molecular formula is C21H36O4. The van der Waals surface area contributed by atoms with E-state index in [2.05, 4.69) is 20.8 Å². The van der Waals surface area contributed by atoms with Gasteiger partial charge in [0.1, 0.15) is 11.7 Å². The Hall–Kier alpha value is -1.06. The van der Waals surface area contributed by atoms with Crippen LogP contribution >= 0.6 is 0 Å².